The van der Waals surface area contributed by atoms with E-state index in [2.05, 4.69) is 27.0 Å². The molecule has 0 aliphatic carbocycles. The van der Waals surface area contributed by atoms with Crippen LogP contribution in [0.3, 0.4) is 0 Å². The van der Waals surface area contributed by atoms with Gasteiger partial charge < -0.3 is 4.42 Å². The molecule has 3 rings (SSSR count). The molecular formula is C11H6BrNOS. The van der Waals surface area contributed by atoms with E-state index in [4.69, 9.17) is 4.42 Å². The van der Waals surface area contributed by atoms with E-state index in [1.54, 1.807) is 17.6 Å². The van der Waals surface area contributed by atoms with Crippen LogP contribution in [0.25, 0.3) is 21.0 Å². The van der Waals surface area contributed by atoms with Crippen molar-refractivity contribution < 1.29 is 4.42 Å². The molecule has 0 aliphatic heterocycles. The molecule has 0 saturated carbocycles. The predicted octanol–water partition coefficient (Wildman–Crippen LogP) is 4.32. The SMILES string of the molecule is Brc1ccc2nc(-c3ccco3)sc2c1. The van der Waals surface area contributed by atoms with Crippen LogP contribution in [-0.2, 0) is 0 Å². The van der Waals surface area contributed by atoms with Crippen LogP contribution < -0.4 is 0 Å². The fourth-order valence-electron chi connectivity index (χ4n) is 1.40. The fraction of sp³-hybridized carbons (Fsp3) is 0. The highest BCUT2D eigenvalue weighted by molar-refractivity contribution is 9.10. The van der Waals surface area contributed by atoms with Crippen molar-refractivity contribution in [3.63, 3.8) is 0 Å². The third kappa shape index (κ3) is 1.60. The average Bonchev–Trinajstić information content (AvgIpc) is 2.84. The van der Waals surface area contributed by atoms with Crippen LogP contribution >= 0.6 is 27.3 Å². The second kappa shape index (κ2) is 3.47. The summed E-state index contributed by atoms with van der Waals surface area (Å²) in [4.78, 5) is 4.50. The third-order valence-corrected chi connectivity index (χ3v) is 3.61. The summed E-state index contributed by atoms with van der Waals surface area (Å²) in [6.45, 7) is 0. The topological polar surface area (TPSA) is 26.0 Å². The Morgan fingerprint density at radius 2 is 2.20 bits per heavy atom. The van der Waals surface area contributed by atoms with E-state index in [9.17, 15) is 0 Å². The Morgan fingerprint density at radius 3 is 3.00 bits per heavy atom. The Hall–Kier alpha value is -1.13. The Morgan fingerprint density at radius 1 is 1.27 bits per heavy atom. The lowest BCUT2D eigenvalue weighted by Gasteiger charge is -1.86. The first-order valence-corrected chi connectivity index (χ1v) is 6.04. The monoisotopic (exact) mass is 279 g/mol. The molecular weight excluding hydrogens is 274 g/mol. The lowest BCUT2D eigenvalue weighted by atomic mass is 10.3. The quantitative estimate of drug-likeness (QED) is 0.663. The first-order chi connectivity index (χ1) is 7.33. The number of aromatic nitrogens is 1. The van der Waals surface area contributed by atoms with Gasteiger partial charge in [-0.2, -0.15) is 0 Å². The molecule has 74 valence electrons. The fourth-order valence-corrected chi connectivity index (χ4v) is 2.89. The van der Waals surface area contributed by atoms with E-state index < -0.39 is 0 Å². The maximum absolute atomic E-state index is 5.32. The predicted molar refractivity (Wildman–Crippen MR) is 65.0 cm³/mol. The van der Waals surface area contributed by atoms with Gasteiger partial charge in [0.25, 0.3) is 0 Å². The van der Waals surface area contributed by atoms with E-state index in [0.29, 0.717) is 0 Å². The summed E-state index contributed by atoms with van der Waals surface area (Å²) in [5.41, 5.74) is 1.01. The Bertz CT molecular complexity index is 600. The van der Waals surface area contributed by atoms with Gasteiger partial charge in [-0.05, 0) is 30.3 Å². The van der Waals surface area contributed by atoms with Crippen molar-refractivity contribution >= 4 is 37.5 Å². The molecule has 2 aromatic heterocycles. The molecule has 0 bridgehead atoms. The van der Waals surface area contributed by atoms with Crippen molar-refractivity contribution in [1.82, 2.24) is 4.98 Å². The Kier molecular flexibility index (Phi) is 2.11. The maximum atomic E-state index is 5.32. The van der Waals surface area contributed by atoms with Gasteiger partial charge in [-0.3, -0.25) is 0 Å². The maximum Gasteiger partial charge on any atom is 0.162 e. The van der Waals surface area contributed by atoms with Crippen molar-refractivity contribution in [1.29, 1.82) is 0 Å². The van der Waals surface area contributed by atoms with Crippen molar-refractivity contribution in [2.45, 2.75) is 0 Å². The molecule has 4 heteroatoms. The number of fused-ring (bicyclic) bond motifs is 1. The van der Waals surface area contributed by atoms with E-state index in [0.717, 1.165) is 25.5 Å². The van der Waals surface area contributed by atoms with Crippen LogP contribution in [0.4, 0.5) is 0 Å². The molecule has 0 unspecified atom stereocenters. The second-order valence-corrected chi connectivity index (χ2v) is 5.05. The first-order valence-electron chi connectivity index (χ1n) is 4.43. The third-order valence-electron chi connectivity index (χ3n) is 2.08. The average molecular weight is 280 g/mol. The summed E-state index contributed by atoms with van der Waals surface area (Å²) in [5, 5.41) is 0.924. The molecule has 0 spiro atoms. The standard InChI is InChI=1S/C11H6BrNOS/c12-7-3-4-8-10(6-7)15-11(13-8)9-2-1-5-14-9/h1-6H. The molecule has 0 radical (unpaired) electrons. The number of nitrogens with zero attached hydrogens (tertiary/aromatic N) is 1. The zero-order valence-electron chi connectivity index (χ0n) is 7.61. The van der Waals surface area contributed by atoms with Gasteiger partial charge in [-0.1, -0.05) is 15.9 Å². The van der Waals surface area contributed by atoms with Gasteiger partial charge in [0.1, 0.15) is 0 Å². The second-order valence-electron chi connectivity index (χ2n) is 3.11. The number of thiazole rings is 1. The van der Waals surface area contributed by atoms with Crippen molar-refractivity contribution in [3.05, 3.63) is 41.1 Å². The normalized spacial score (nSPS) is 11.0. The Balaban J connectivity index is 2.22. The summed E-state index contributed by atoms with van der Waals surface area (Å²) >= 11 is 5.08. The summed E-state index contributed by atoms with van der Waals surface area (Å²) in [5.74, 6) is 0.826. The van der Waals surface area contributed by atoms with Gasteiger partial charge >= 0.3 is 0 Å². The summed E-state index contributed by atoms with van der Waals surface area (Å²) in [6.07, 6.45) is 1.66. The molecule has 0 aliphatic rings. The first kappa shape index (κ1) is 9.12. The van der Waals surface area contributed by atoms with Gasteiger partial charge in [0.2, 0.25) is 0 Å². The molecule has 0 N–H and O–H groups in total. The molecule has 15 heavy (non-hydrogen) atoms. The van der Waals surface area contributed by atoms with E-state index in [-0.39, 0.29) is 0 Å². The zero-order chi connectivity index (χ0) is 10.3. The van der Waals surface area contributed by atoms with Crippen LogP contribution in [0.5, 0.6) is 0 Å². The smallest absolute Gasteiger partial charge is 0.162 e. The van der Waals surface area contributed by atoms with E-state index in [1.807, 2.05) is 24.3 Å². The highest BCUT2D eigenvalue weighted by Crippen LogP contribution is 2.31. The molecule has 0 atom stereocenters. The largest absolute Gasteiger partial charge is 0.462 e. The minimum Gasteiger partial charge on any atom is -0.462 e. The molecule has 2 heterocycles. The van der Waals surface area contributed by atoms with Gasteiger partial charge in [-0.25, -0.2) is 4.98 Å². The molecule has 0 fully saturated rings. The van der Waals surface area contributed by atoms with Crippen LogP contribution in [0.2, 0.25) is 0 Å². The lowest BCUT2D eigenvalue weighted by Crippen LogP contribution is -1.69. The molecule has 0 saturated heterocycles. The van der Waals surface area contributed by atoms with E-state index >= 15 is 0 Å². The number of hydrogen-bond donors (Lipinski definition) is 0. The number of hydrogen-bond acceptors (Lipinski definition) is 3. The molecule has 2 nitrogen and oxygen atoms in total. The molecule has 1 aromatic carbocycles. The summed E-state index contributed by atoms with van der Waals surface area (Å²) < 4.78 is 7.55. The van der Waals surface area contributed by atoms with Crippen molar-refractivity contribution in [2.24, 2.45) is 0 Å². The van der Waals surface area contributed by atoms with Crippen LogP contribution in [0.1, 0.15) is 0 Å². The van der Waals surface area contributed by atoms with Crippen LogP contribution in [0, 0.1) is 0 Å². The Labute approximate surface area is 98.7 Å². The molecule has 0 amide bonds. The van der Waals surface area contributed by atoms with Crippen molar-refractivity contribution in [2.75, 3.05) is 0 Å². The van der Waals surface area contributed by atoms with E-state index in [1.165, 1.54) is 0 Å². The van der Waals surface area contributed by atoms with Gasteiger partial charge in [0, 0.05) is 4.47 Å². The van der Waals surface area contributed by atoms with Crippen LogP contribution in [-0.4, -0.2) is 4.98 Å². The van der Waals surface area contributed by atoms with Gasteiger partial charge in [-0.15, -0.1) is 11.3 Å². The minimum absolute atomic E-state index is 0.826. The summed E-state index contributed by atoms with van der Waals surface area (Å²) in [7, 11) is 0. The molecule has 3 aromatic rings. The lowest BCUT2D eigenvalue weighted by molar-refractivity contribution is 0.582. The number of halogens is 1. The number of rotatable bonds is 1. The minimum atomic E-state index is 0.826. The summed E-state index contributed by atoms with van der Waals surface area (Å²) in [6, 6.07) is 9.86. The number of benzene rings is 1. The van der Waals surface area contributed by atoms with Crippen molar-refractivity contribution in [3.8, 4) is 10.8 Å². The highest BCUT2D eigenvalue weighted by atomic mass is 79.9. The van der Waals surface area contributed by atoms with Crippen LogP contribution in [0.15, 0.2) is 45.5 Å². The zero-order valence-corrected chi connectivity index (χ0v) is 10.0. The van der Waals surface area contributed by atoms with Gasteiger partial charge in [0.15, 0.2) is 10.8 Å². The van der Waals surface area contributed by atoms with Gasteiger partial charge in [0.05, 0.1) is 16.5 Å². The number of furan rings is 1. The highest BCUT2D eigenvalue weighted by Gasteiger charge is 2.08.